The molecule has 0 fully saturated rings. The van der Waals surface area contributed by atoms with E-state index < -0.39 is 0 Å². The Kier molecular flexibility index (Phi) is 6.93. The van der Waals surface area contributed by atoms with Crippen LogP contribution in [0.4, 0.5) is 11.4 Å². The fraction of sp³-hybridized carbons (Fsp3) is 0.318. The van der Waals surface area contributed by atoms with Crippen molar-refractivity contribution in [2.45, 2.75) is 51.2 Å². The predicted molar refractivity (Wildman–Crippen MR) is 119 cm³/mol. The topological polar surface area (TPSA) is 71.8 Å². The predicted octanol–water partition coefficient (Wildman–Crippen LogP) is 4.65. The summed E-state index contributed by atoms with van der Waals surface area (Å²) in [6, 6.07) is 16.0. The maximum atomic E-state index is 12.6. The SMILES string of the molecule is CCn1c(CNc2ccc(C)cc2)nnc1S[C@@H](C)C(=O)Nc1ccccc1C. The maximum Gasteiger partial charge on any atom is 0.237 e. The second-order valence-corrected chi connectivity index (χ2v) is 8.23. The summed E-state index contributed by atoms with van der Waals surface area (Å²) in [6.07, 6.45) is 0. The highest BCUT2D eigenvalue weighted by Gasteiger charge is 2.20. The number of rotatable bonds is 8. The van der Waals surface area contributed by atoms with E-state index in [4.69, 9.17) is 0 Å². The lowest BCUT2D eigenvalue weighted by Gasteiger charge is -2.14. The van der Waals surface area contributed by atoms with Gasteiger partial charge >= 0.3 is 0 Å². The molecule has 3 rings (SSSR count). The fourth-order valence-corrected chi connectivity index (χ4v) is 3.80. The molecule has 6 nitrogen and oxygen atoms in total. The normalized spacial score (nSPS) is 11.9. The Morgan fingerprint density at radius 1 is 1.10 bits per heavy atom. The summed E-state index contributed by atoms with van der Waals surface area (Å²) in [6.45, 7) is 9.31. The molecule has 0 bridgehead atoms. The average molecular weight is 410 g/mol. The molecule has 2 aromatic carbocycles. The number of aromatic nitrogens is 3. The van der Waals surface area contributed by atoms with E-state index in [1.807, 2.05) is 42.7 Å². The van der Waals surface area contributed by atoms with Gasteiger partial charge in [0.15, 0.2) is 11.0 Å². The second-order valence-electron chi connectivity index (χ2n) is 6.93. The number of carbonyl (C=O) groups excluding carboxylic acids is 1. The molecule has 0 radical (unpaired) electrons. The van der Waals surface area contributed by atoms with Crippen molar-refractivity contribution in [3.05, 3.63) is 65.5 Å². The Hall–Kier alpha value is -2.80. The van der Waals surface area contributed by atoms with Crippen LogP contribution in [0.15, 0.2) is 53.7 Å². The van der Waals surface area contributed by atoms with E-state index in [0.29, 0.717) is 6.54 Å². The number of benzene rings is 2. The van der Waals surface area contributed by atoms with E-state index >= 15 is 0 Å². The summed E-state index contributed by atoms with van der Waals surface area (Å²) in [4.78, 5) is 12.6. The molecule has 0 saturated carbocycles. The van der Waals surface area contributed by atoms with Crippen molar-refractivity contribution in [2.75, 3.05) is 10.6 Å². The van der Waals surface area contributed by atoms with Crippen LogP contribution < -0.4 is 10.6 Å². The highest BCUT2D eigenvalue weighted by molar-refractivity contribution is 8.00. The minimum absolute atomic E-state index is 0.0470. The van der Waals surface area contributed by atoms with E-state index in [2.05, 4.69) is 58.9 Å². The first-order valence-corrected chi connectivity index (χ1v) is 10.6. The van der Waals surface area contributed by atoms with Crippen molar-refractivity contribution >= 4 is 29.0 Å². The largest absolute Gasteiger partial charge is 0.378 e. The molecule has 1 heterocycles. The number of carbonyl (C=O) groups is 1. The molecule has 29 heavy (non-hydrogen) atoms. The van der Waals surface area contributed by atoms with Gasteiger partial charge in [-0.2, -0.15) is 0 Å². The number of anilines is 2. The molecule has 0 aliphatic rings. The maximum absolute atomic E-state index is 12.6. The zero-order valence-electron chi connectivity index (χ0n) is 17.3. The zero-order valence-corrected chi connectivity index (χ0v) is 18.1. The van der Waals surface area contributed by atoms with E-state index in [1.54, 1.807) is 0 Å². The van der Waals surface area contributed by atoms with Gasteiger partial charge in [0.25, 0.3) is 0 Å². The van der Waals surface area contributed by atoms with Crippen molar-refractivity contribution < 1.29 is 4.79 Å². The molecule has 0 aliphatic carbocycles. The lowest BCUT2D eigenvalue weighted by Crippen LogP contribution is -2.23. The summed E-state index contributed by atoms with van der Waals surface area (Å²) in [5.41, 5.74) is 4.15. The Morgan fingerprint density at radius 3 is 2.52 bits per heavy atom. The standard InChI is InChI=1S/C22H27N5OS/c1-5-27-20(14-23-18-12-10-15(2)11-13-18)25-26-22(27)29-17(4)21(28)24-19-9-7-6-8-16(19)3/h6-13,17,23H,5,14H2,1-4H3,(H,24,28)/t17-/m0/s1. The number of nitrogens with one attached hydrogen (secondary N) is 2. The summed E-state index contributed by atoms with van der Waals surface area (Å²) < 4.78 is 2.05. The summed E-state index contributed by atoms with van der Waals surface area (Å²) in [7, 11) is 0. The Balaban J connectivity index is 1.63. The van der Waals surface area contributed by atoms with Gasteiger partial charge in [-0.3, -0.25) is 4.79 Å². The molecule has 1 atom stereocenters. The molecule has 0 spiro atoms. The Labute approximate surface area is 176 Å². The van der Waals surface area contributed by atoms with Gasteiger partial charge < -0.3 is 15.2 Å². The summed E-state index contributed by atoms with van der Waals surface area (Å²) in [5.74, 6) is 0.802. The Morgan fingerprint density at radius 2 is 1.83 bits per heavy atom. The van der Waals surface area contributed by atoms with Crippen LogP contribution in [-0.4, -0.2) is 25.9 Å². The molecule has 2 N–H and O–H groups in total. The third-order valence-electron chi connectivity index (χ3n) is 4.67. The minimum atomic E-state index is -0.290. The van der Waals surface area contributed by atoms with Crippen LogP contribution in [0.2, 0.25) is 0 Å². The highest BCUT2D eigenvalue weighted by Crippen LogP contribution is 2.24. The number of hydrogen-bond acceptors (Lipinski definition) is 5. The summed E-state index contributed by atoms with van der Waals surface area (Å²) >= 11 is 1.42. The van der Waals surface area contributed by atoms with Crippen LogP contribution >= 0.6 is 11.8 Å². The average Bonchev–Trinajstić information content (AvgIpc) is 3.10. The van der Waals surface area contributed by atoms with Gasteiger partial charge in [-0.15, -0.1) is 10.2 Å². The number of para-hydroxylation sites is 1. The lowest BCUT2D eigenvalue weighted by molar-refractivity contribution is -0.115. The third kappa shape index (κ3) is 5.38. The summed E-state index contributed by atoms with van der Waals surface area (Å²) in [5, 5.41) is 15.5. The molecule has 0 unspecified atom stereocenters. The first-order valence-electron chi connectivity index (χ1n) is 9.73. The molecular weight excluding hydrogens is 382 g/mol. The minimum Gasteiger partial charge on any atom is -0.378 e. The number of nitrogens with zero attached hydrogens (tertiary/aromatic N) is 3. The van der Waals surface area contributed by atoms with E-state index in [1.165, 1.54) is 17.3 Å². The van der Waals surface area contributed by atoms with Crippen molar-refractivity contribution in [3.63, 3.8) is 0 Å². The third-order valence-corrected chi connectivity index (χ3v) is 5.75. The van der Waals surface area contributed by atoms with E-state index in [9.17, 15) is 4.79 Å². The first kappa shape index (κ1) is 20.9. The van der Waals surface area contributed by atoms with Crippen LogP contribution in [0, 0.1) is 13.8 Å². The smallest absolute Gasteiger partial charge is 0.237 e. The monoisotopic (exact) mass is 409 g/mol. The van der Waals surface area contributed by atoms with Gasteiger partial charge in [0, 0.05) is 17.9 Å². The van der Waals surface area contributed by atoms with Crippen LogP contribution in [0.5, 0.6) is 0 Å². The number of hydrogen-bond donors (Lipinski definition) is 2. The number of amides is 1. The van der Waals surface area contributed by atoms with Gasteiger partial charge in [0.1, 0.15) is 0 Å². The van der Waals surface area contributed by atoms with Gasteiger partial charge in [0.05, 0.1) is 11.8 Å². The number of thioether (sulfide) groups is 1. The Bertz CT molecular complexity index is 968. The molecule has 3 aromatic rings. The van der Waals surface area contributed by atoms with Crippen molar-refractivity contribution in [1.82, 2.24) is 14.8 Å². The van der Waals surface area contributed by atoms with Crippen molar-refractivity contribution in [1.29, 1.82) is 0 Å². The number of aryl methyl sites for hydroxylation is 2. The molecule has 7 heteroatoms. The fourth-order valence-electron chi connectivity index (χ4n) is 2.87. The van der Waals surface area contributed by atoms with Crippen LogP contribution in [-0.2, 0) is 17.9 Å². The first-order chi connectivity index (χ1) is 14.0. The van der Waals surface area contributed by atoms with Gasteiger partial charge in [0.2, 0.25) is 5.91 Å². The molecule has 0 saturated heterocycles. The van der Waals surface area contributed by atoms with Crippen LogP contribution in [0.3, 0.4) is 0 Å². The van der Waals surface area contributed by atoms with E-state index in [0.717, 1.165) is 34.5 Å². The van der Waals surface area contributed by atoms with Gasteiger partial charge in [-0.05, 0) is 51.5 Å². The lowest BCUT2D eigenvalue weighted by atomic mass is 10.2. The highest BCUT2D eigenvalue weighted by atomic mass is 32.2. The zero-order chi connectivity index (χ0) is 20.8. The van der Waals surface area contributed by atoms with E-state index in [-0.39, 0.29) is 11.2 Å². The quantitative estimate of drug-likeness (QED) is 0.530. The van der Waals surface area contributed by atoms with Crippen molar-refractivity contribution in [3.8, 4) is 0 Å². The molecule has 1 aromatic heterocycles. The molecular formula is C22H27N5OS. The van der Waals surface area contributed by atoms with Crippen molar-refractivity contribution in [2.24, 2.45) is 0 Å². The van der Waals surface area contributed by atoms with Gasteiger partial charge in [-0.25, -0.2) is 0 Å². The molecule has 1 amide bonds. The van der Waals surface area contributed by atoms with Gasteiger partial charge in [-0.1, -0.05) is 47.7 Å². The molecule has 152 valence electrons. The van der Waals surface area contributed by atoms with Crippen LogP contribution in [0.1, 0.15) is 30.8 Å². The second kappa shape index (κ2) is 9.60. The van der Waals surface area contributed by atoms with Crippen LogP contribution in [0.25, 0.3) is 0 Å². The molecule has 0 aliphatic heterocycles.